The third-order valence-corrected chi connectivity index (χ3v) is 4.82. The molecule has 0 atom stereocenters. The SMILES string of the molecule is Brc1ccc2ccc3ccccc3c2c1Br. The summed E-state index contributed by atoms with van der Waals surface area (Å²) in [6.45, 7) is 0. The van der Waals surface area contributed by atoms with E-state index in [0.717, 1.165) is 8.95 Å². The summed E-state index contributed by atoms with van der Waals surface area (Å²) in [7, 11) is 0. The smallest absolute Gasteiger partial charge is 0.0402 e. The van der Waals surface area contributed by atoms with Gasteiger partial charge in [0.1, 0.15) is 0 Å². The Bertz CT molecular complexity index is 687. The first-order chi connectivity index (χ1) is 7.77. The Morgan fingerprint density at radius 2 is 1.38 bits per heavy atom. The minimum absolute atomic E-state index is 1.09. The zero-order valence-corrected chi connectivity index (χ0v) is 11.5. The van der Waals surface area contributed by atoms with Crippen molar-refractivity contribution in [1.29, 1.82) is 0 Å². The molecule has 0 N–H and O–H groups in total. The molecule has 0 radical (unpaired) electrons. The zero-order chi connectivity index (χ0) is 11.1. The van der Waals surface area contributed by atoms with E-state index in [4.69, 9.17) is 0 Å². The highest BCUT2D eigenvalue weighted by molar-refractivity contribution is 9.13. The van der Waals surface area contributed by atoms with Crippen LogP contribution in [0.1, 0.15) is 0 Å². The van der Waals surface area contributed by atoms with Crippen LogP contribution in [0.25, 0.3) is 21.5 Å². The second-order valence-corrected chi connectivity index (χ2v) is 5.39. The minimum Gasteiger partial charge on any atom is -0.0616 e. The molecule has 0 aliphatic heterocycles. The molecule has 0 amide bonds. The van der Waals surface area contributed by atoms with Crippen LogP contribution in [0.4, 0.5) is 0 Å². The molecule has 78 valence electrons. The maximum atomic E-state index is 3.66. The van der Waals surface area contributed by atoms with Crippen molar-refractivity contribution in [2.75, 3.05) is 0 Å². The Balaban J connectivity index is 2.63. The predicted octanol–water partition coefficient (Wildman–Crippen LogP) is 5.52. The summed E-state index contributed by atoms with van der Waals surface area (Å²) in [5.74, 6) is 0. The lowest BCUT2D eigenvalue weighted by Gasteiger charge is -2.07. The molecule has 0 unspecified atom stereocenters. The molecule has 3 aromatic carbocycles. The normalized spacial score (nSPS) is 11.1. The van der Waals surface area contributed by atoms with Crippen LogP contribution in [0.5, 0.6) is 0 Å². The molecule has 16 heavy (non-hydrogen) atoms. The van der Waals surface area contributed by atoms with Gasteiger partial charge in [0, 0.05) is 14.3 Å². The molecule has 0 nitrogen and oxygen atoms in total. The standard InChI is InChI=1S/C14H8Br2/c15-12-8-7-10-6-5-9-3-1-2-4-11(9)13(10)14(12)16/h1-8H. The van der Waals surface area contributed by atoms with Gasteiger partial charge in [0.25, 0.3) is 0 Å². The van der Waals surface area contributed by atoms with Crippen LogP contribution in [-0.4, -0.2) is 0 Å². The van der Waals surface area contributed by atoms with Gasteiger partial charge in [0.2, 0.25) is 0 Å². The van der Waals surface area contributed by atoms with Crippen molar-refractivity contribution in [1.82, 2.24) is 0 Å². The Labute approximate surface area is 111 Å². The first kappa shape index (κ1) is 10.3. The molecule has 0 aliphatic carbocycles. The van der Waals surface area contributed by atoms with E-state index in [1.54, 1.807) is 0 Å². The summed E-state index contributed by atoms with van der Waals surface area (Å²) in [5.41, 5.74) is 0. The van der Waals surface area contributed by atoms with E-state index in [2.05, 4.69) is 80.4 Å². The van der Waals surface area contributed by atoms with E-state index >= 15 is 0 Å². The van der Waals surface area contributed by atoms with Crippen LogP contribution in [0.15, 0.2) is 57.5 Å². The van der Waals surface area contributed by atoms with Crippen LogP contribution < -0.4 is 0 Å². The molecular weight excluding hydrogens is 328 g/mol. The van der Waals surface area contributed by atoms with Crippen LogP contribution in [0.2, 0.25) is 0 Å². The predicted molar refractivity (Wildman–Crippen MR) is 76.9 cm³/mol. The van der Waals surface area contributed by atoms with Gasteiger partial charge in [-0.25, -0.2) is 0 Å². The third-order valence-electron chi connectivity index (χ3n) is 2.80. The minimum atomic E-state index is 1.09. The quantitative estimate of drug-likeness (QED) is 0.474. The van der Waals surface area contributed by atoms with Crippen molar-refractivity contribution in [2.24, 2.45) is 0 Å². The van der Waals surface area contributed by atoms with Gasteiger partial charge in [-0.3, -0.25) is 0 Å². The molecule has 3 aromatic rings. The van der Waals surface area contributed by atoms with Crippen molar-refractivity contribution < 1.29 is 0 Å². The first-order valence-corrected chi connectivity index (χ1v) is 6.61. The number of rotatable bonds is 0. The van der Waals surface area contributed by atoms with Gasteiger partial charge in [0.05, 0.1) is 0 Å². The molecular formula is C14H8Br2. The van der Waals surface area contributed by atoms with Gasteiger partial charge in [-0.15, -0.1) is 0 Å². The van der Waals surface area contributed by atoms with E-state index in [0.29, 0.717) is 0 Å². The molecule has 0 aliphatic rings. The van der Waals surface area contributed by atoms with E-state index in [9.17, 15) is 0 Å². The van der Waals surface area contributed by atoms with Gasteiger partial charge in [-0.05, 0) is 54.1 Å². The molecule has 0 saturated carbocycles. The van der Waals surface area contributed by atoms with Gasteiger partial charge in [0.15, 0.2) is 0 Å². The maximum Gasteiger partial charge on any atom is 0.0402 e. The first-order valence-electron chi connectivity index (χ1n) is 5.03. The second kappa shape index (κ2) is 3.86. The maximum absolute atomic E-state index is 3.66. The van der Waals surface area contributed by atoms with E-state index in [1.165, 1.54) is 21.5 Å². The average Bonchev–Trinajstić information content (AvgIpc) is 2.33. The van der Waals surface area contributed by atoms with Gasteiger partial charge < -0.3 is 0 Å². The molecule has 2 heteroatoms. The summed E-state index contributed by atoms with van der Waals surface area (Å²) in [5, 5.41) is 5.09. The summed E-state index contributed by atoms with van der Waals surface area (Å²) in [6, 6.07) is 17.0. The summed E-state index contributed by atoms with van der Waals surface area (Å²) in [6.07, 6.45) is 0. The van der Waals surface area contributed by atoms with Gasteiger partial charge >= 0.3 is 0 Å². The third kappa shape index (κ3) is 1.48. The fourth-order valence-corrected chi connectivity index (χ4v) is 2.93. The molecule has 0 fully saturated rings. The fraction of sp³-hybridized carbons (Fsp3) is 0. The monoisotopic (exact) mass is 334 g/mol. The Morgan fingerprint density at radius 3 is 2.25 bits per heavy atom. The summed E-state index contributed by atoms with van der Waals surface area (Å²) < 4.78 is 2.22. The van der Waals surface area contributed by atoms with Crippen molar-refractivity contribution in [2.45, 2.75) is 0 Å². The summed E-state index contributed by atoms with van der Waals surface area (Å²) in [4.78, 5) is 0. The van der Waals surface area contributed by atoms with Crippen LogP contribution in [0, 0.1) is 0 Å². The molecule has 0 spiro atoms. The van der Waals surface area contributed by atoms with Crippen molar-refractivity contribution in [3.63, 3.8) is 0 Å². The highest BCUT2D eigenvalue weighted by Crippen LogP contribution is 2.35. The lowest BCUT2D eigenvalue weighted by molar-refractivity contribution is 1.67. The van der Waals surface area contributed by atoms with Crippen molar-refractivity contribution in [3.05, 3.63) is 57.5 Å². The largest absolute Gasteiger partial charge is 0.0616 e. The number of fused-ring (bicyclic) bond motifs is 3. The zero-order valence-electron chi connectivity index (χ0n) is 8.37. The van der Waals surface area contributed by atoms with E-state index in [-0.39, 0.29) is 0 Å². The van der Waals surface area contributed by atoms with Crippen LogP contribution in [-0.2, 0) is 0 Å². The summed E-state index contributed by atoms with van der Waals surface area (Å²) >= 11 is 7.21. The average molecular weight is 336 g/mol. The fourth-order valence-electron chi connectivity index (χ4n) is 2.03. The second-order valence-electron chi connectivity index (χ2n) is 3.75. The molecule has 0 saturated heterocycles. The number of hydrogen-bond donors (Lipinski definition) is 0. The van der Waals surface area contributed by atoms with E-state index < -0.39 is 0 Å². The van der Waals surface area contributed by atoms with Gasteiger partial charge in [-0.2, -0.15) is 0 Å². The van der Waals surface area contributed by atoms with Crippen LogP contribution >= 0.6 is 31.9 Å². The molecule has 0 heterocycles. The van der Waals surface area contributed by atoms with Crippen molar-refractivity contribution >= 4 is 53.4 Å². The highest BCUT2D eigenvalue weighted by Gasteiger charge is 2.06. The van der Waals surface area contributed by atoms with Gasteiger partial charge in [-0.1, -0.05) is 42.5 Å². The highest BCUT2D eigenvalue weighted by atomic mass is 79.9. The Hall–Kier alpha value is -0.860. The molecule has 0 aromatic heterocycles. The molecule has 3 rings (SSSR count). The number of halogens is 2. The Morgan fingerprint density at radius 1 is 0.688 bits per heavy atom. The van der Waals surface area contributed by atoms with Crippen LogP contribution in [0.3, 0.4) is 0 Å². The van der Waals surface area contributed by atoms with Crippen molar-refractivity contribution in [3.8, 4) is 0 Å². The number of hydrogen-bond acceptors (Lipinski definition) is 0. The molecule has 0 bridgehead atoms. The lowest BCUT2D eigenvalue weighted by atomic mass is 10.0. The Kier molecular flexibility index (Phi) is 2.49. The van der Waals surface area contributed by atoms with E-state index in [1.807, 2.05) is 0 Å². The number of benzene rings is 3. The lowest BCUT2D eigenvalue weighted by Crippen LogP contribution is -1.80. The topological polar surface area (TPSA) is 0 Å².